The molecule has 1 aromatic heterocycles. The molecule has 1 heterocycles. The fourth-order valence-corrected chi connectivity index (χ4v) is 2.95. The van der Waals surface area contributed by atoms with Crippen molar-refractivity contribution in [2.24, 2.45) is 11.8 Å². The van der Waals surface area contributed by atoms with E-state index in [1.54, 1.807) is 6.20 Å². The fraction of sp³-hybridized carbons (Fsp3) is 0.643. The van der Waals surface area contributed by atoms with Crippen LogP contribution < -0.4 is 0 Å². The van der Waals surface area contributed by atoms with Crippen molar-refractivity contribution in [2.45, 2.75) is 45.8 Å². The highest BCUT2D eigenvalue weighted by Crippen LogP contribution is 2.30. The molecule has 0 aromatic carbocycles. The van der Waals surface area contributed by atoms with Crippen LogP contribution >= 0.6 is 11.6 Å². The number of rotatable bonds is 3. The lowest BCUT2D eigenvalue weighted by Gasteiger charge is -2.31. The van der Waals surface area contributed by atoms with E-state index in [4.69, 9.17) is 16.3 Å². The number of hydrogen-bond acceptors (Lipinski definition) is 2. The highest BCUT2D eigenvalue weighted by molar-refractivity contribution is 6.29. The Hall–Kier alpha value is -0.600. The van der Waals surface area contributed by atoms with Gasteiger partial charge in [-0.3, -0.25) is 0 Å². The van der Waals surface area contributed by atoms with Gasteiger partial charge in [-0.15, -0.1) is 0 Å². The van der Waals surface area contributed by atoms with E-state index in [9.17, 15) is 0 Å². The third kappa shape index (κ3) is 3.97. The fourth-order valence-electron chi connectivity index (χ4n) is 2.76. The Morgan fingerprint density at radius 1 is 1.29 bits per heavy atom. The lowest BCUT2D eigenvalue weighted by Crippen LogP contribution is -2.26. The summed E-state index contributed by atoms with van der Waals surface area (Å²) in [5.41, 5.74) is 1.11. The van der Waals surface area contributed by atoms with Crippen molar-refractivity contribution in [2.75, 3.05) is 0 Å². The smallest absolute Gasteiger partial charge is 0.129 e. The zero-order chi connectivity index (χ0) is 12.3. The molecule has 2 unspecified atom stereocenters. The van der Waals surface area contributed by atoms with Gasteiger partial charge >= 0.3 is 0 Å². The monoisotopic (exact) mass is 253 g/mol. The van der Waals surface area contributed by atoms with Crippen LogP contribution in [0.2, 0.25) is 5.15 Å². The Labute approximate surface area is 108 Å². The molecule has 1 saturated carbocycles. The largest absolute Gasteiger partial charge is 0.374 e. The van der Waals surface area contributed by atoms with E-state index >= 15 is 0 Å². The van der Waals surface area contributed by atoms with Crippen molar-refractivity contribution >= 4 is 11.6 Å². The van der Waals surface area contributed by atoms with Gasteiger partial charge in [0.1, 0.15) is 5.15 Å². The molecule has 1 aliphatic rings. The maximum Gasteiger partial charge on any atom is 0.129 e. The highest BCUT2D eigenvalue weighted by Gasteiger charge is 2.24. The number of ether oxygens (including phenoxy) is 1. The molecule has 2 rings (SSSR count). The molecule has 0 N–H and O–H groups in total. The van der Waals surface area contributed by atoms with Crippen molar-refractivity contribution < 1.29 is 4.74 Å². The molecular formula is C14H20ClNO. The minimum absolute atomic E-state index is 0.403. The molecule has 0 radical (unpaired) electrons. The second-order valence-corrected chi connectivity index (χ2v) is 5.72. The minimum atomic E-state index is 0.403. The maximum absolute atomic E-state index is 5.98. The summed E-state index contributed by atoms with van der Waals surface area (Å²) in [7, 11) is 0. The van der Waals surface area contributed by atoms with Gasteiger partial charge in [0.05, 0.1) is 12.7 Å². The van der Waals surface area contributed by atoms with E-state index in [1.807, 2.05) is 12.1 Å². The number of aromatic nitrogens is 1. The molecule has 1 fully saturated rings. The lowest BCUT2D eigenvalue weighted by atomic mass is 9.82. The second-order valence-electron chi connectivity index (χ2n) is 5.34. The Morgan fingerprint density at radius 2 is 2.00 bits per heavy atom. The van der Waals surface area contributed by atoms with Crippen LogP contribution in [0.4, 0.5) is 0 Å². The number of halogens is 1. The number of pyridine rings is 1. The standard InChI is InChI=1S/C14H20ClNO/c1-10-5-11(2)7-13(6-10)17-9-12-3-4-16-14(15)8-12/h3-4,8,10-11,13H,5-7,9H2,1-2H3. The van der Waals surface area contributed by atoms with Gasteiger partial charge in [0.15, 0.2) is 0 Å². The first-order chi connectivity index (χ1) is 8.13. The molecule has 0 saturated heterocycles. The first-order valence-corrected chi connectivity index (χ1v) is 6.73. The molecule has 0 aliphatic heterocycles. The topological polar surface area (TPSA) is 22.1 Å². The predicted molar refractivity (Wildman–Crippen MR) is 70.0 cm³/mol. The van der Waals surface area contributed by atoms with Gasteiger partial charge < -0.3 is 4.74 Å². The molecule has 2 atom stereocenters. The van der Waals surface area contributed by atoms with Gasteiger partial charge in [-0.1, -0.05) is 25.4 Å². The van der Waals surface area contributed by atoms with Gasteiger partial charge in [0, 0.05) is 6.20 Å². The molecule has 2 nitrogen and oxygen atoms in total. The zero-order valence-electron chi connectivity index (χ0n) is 10.5. The van der Waals surface area contributed by atoms with E-state index < -0.39 is 0 Å². The van der Waals surface area contributed by atoms with Crippen LogP contribution in [0.3, 0.4) is 0 Å². The molecule has 0 amide bonds. The van der Waals surface area contributed by atoms with Crippen LogP contribution in [0.1, 0.15) is 38.7 Å². The summed E-state index contributed by atoms with van der Waals surface area (Å²) in [6.45, 7) is 5.27. The SMILES string of the molecule is CC1CC(C)CC(OCc2ccnc(Cl)c2)C1. The second kappa shape index (κ2) is 5.83. The number of hydrogen-bond donors (Lipinski definition) is 0. The van der Waals surface area contributed by atoms with Crippen LogP contribution in [0.5, 0.6) is 0 Å². The summed E-state index contributed by atoms with van der Waals surface area (Å²) in [6.07, 6.45) is 5.83. The molecule has 3 heteroatoms. The molecule has 17 heavy (non-hydrogen) atoms. The summed E-state index contributed by atoms with van der Waals surface area (Å²) < 4.78 is 5.98. The van der Waals surface area contributed by atoms with E-state index in [-0.39, 0.29) is 0 Å². The summed E-state index contributed by atoms with van der Waals surface area (Å²) in [6, 6.07) is 3.83. The van der Waals surface area contributed by atoms with Gasteiger partial charge in [-0.2, -0.15) is 0 Å². The van der Waals surface area contributed by atoms with E-state index in [2.05, 4.69) is 18.8 Å². The van der Waals surface area contributed by atoms with Crippen LogP contribution in [0, 0.1) is 11.8 Å². The Kier molecular flexibility index (Phi) is 4.41. The summed E-state index contributed by atoms with van der Waals surface area (Å²) in [5, 5.41) is 0.538. The molecular weight excluding hydrogens is 234 g/mol. The van der Waals surface area contributed by atoms with Gasteiger partial charge in [0.25, 0.3) is 0 Å². The first-order valence-electron chi connectivity index (χ1n) is 6.35. The first kappa shape index (κ1) is 12.8. The van der Waals surface area contributed by atoms with Crippen LogP contribution in [-0.4, -0.2) is 11.1 Å². The van der Waals surface area contributed by atoms with E-state index in [1.165, 1.54) is 19.3 Å². The third-order valence-corrected chi connectivity index (χ3v) is 3.62. The lowest BCUT2D eigenvalue weighted by molar-refractivity contribution is -0.00917. The molecule has 0 bridgehead atoms. The van der Waals surface area contributed by atoms with Crippen molar-refractivity contribution in [3.63, 3.8) is 0 Å². The van der Waals surface area contributed by atoms with Crippen molar-refractivity contribution in [3.8, 4) is 0 Å². The quantitative estimate of drug-likeness (QED) is 0.758. The maximum atomic E-state index is 5.98. The third-order valence-electron chi connectivity index (χ3n) is 3.41. The molecule has 0 spiro atoms. The molecule has 1 aromatic rings. The Balaban J connectivity index is 1.85. The van der Waals surface area contributed by atoms with Crippen LogP contribution in [-0.2, 0) is 11.3 Å². The average Bonchev–Trinajstić information content (AvgIpc) is 2.25. The van der Waals surface area contributed by atoms with E-state index in [0.29, 0.717) is 17.9 Å². The number of nitrogens with zero attached hydrogens (tertiary/aromatic N) is 1. The van der Waals surface area contributed by atoms with Gasteiger partial charge in [-0.05, 0) is 48.8 Å². The van der Waals surface area contributed by atoms with Gasteiger partial charge in [0.2, 0.25) is 0 Å². The van der Waals surface area contributed by atoms with E-state index in [0.717, 1.165) is 17.4 Å². The summed E-state index contributed by atoms with van der Waals surface area (Å²) in [5.74, 6) is 1.56. The highest BCUT2D eigenvalue weighted by atomic mass is 35.5. The minimum Gasteiger partial charge on any atom is -0.374 e. The molecule has 94 valence electrons. The van der Waals surface area contributed by atoms with Crippen LogP contribution in [0.25, 0.3) is 0 Å². The summed E-state index contributed by atoms with van der Waals surface area (Å²) in [4.78, 5) is 3.97. The zero-order valence-corrected chi connectivity index (χ0v) is 11.3. The average molecular weight is 254 g/mol. The predicted octanol–water partition coefficient (Wildman–Crippen LogP) is 4.08. The van der Waals surface area contributed by atoms with Crippen LogP contribution in [0.15, 0.2) is 18.3 Å². The normalized spacial score (nSPS) is 29.2. The van der Waals surface area contributed by atoms with Crippen molar-refractivity contribution in [1.29, 1.82) is 0 Å². The summed E-state index contributed by atoms with van der Waals surface area (Å²) >= 11 is 5.85. The van der Waals surface area contributed by atoms with Crippen molar-refractivity contribution in [3.05, 3.63) is 29.0 Å². The Morgan fingerprint density at radius 3 is 2.65 bits per heavy atom. The van der Waals surface area contributed by atoms with Crippen molar-refractivity contribution in [1.82, 2.24) is 4.98 Å². The molecule has 1 aliphatic carbocycles. The van der Waals surface area contributed by atoms with Gasteiger partial charge in [-0.25, -0.2) is 4.98 Å². The Bertz CT molecular complexity index is 359.